The van der Waals surface area contributed by atoms with Crippen LogP contribution < -0.4 is 14.9 Å². The van der Waals surface area contributed by atoms with E-state index in [2.05, 4.69) is 10.0 Å². The van der Waals surface area contributed by atoms with Gasteiger partial charge in [0.05, 0.1) is 44.5 Å². The van der Waals surface area contributed by atoms with Gasteiger partial charge in [-0.2, -0.15) is 0 Å². The second-order valence-electron chi connectivity index (χ2n) is 8.75. The van der Waals surface area contributed by atoms with Crippen molar-refractivity contribution in [2.45, 2.75) is 11.5 Å². The monoisotopic (exact) mass is 559 g/mol. The summed E-state index contributed by atoms with van der Waals surface area (Å²) in [6.07, 6.45) is -0.492. The second-order valence-corrected chi connectivity index (χ2v) is 10.5. The Labute approximate surface area is 230 Å². The Balaban J connectivity index is 1.20. The van der Waals surface area contributed by atoms with Crippen LogP contribution >= 0.6 is 0 Å². The average Bonchev–Trinajstić information content (AvgIpc) is 2.94. The molecule has 3 rings (SSSR count). The number of nitrogens with one attached hydrogen (secondary N) is 2. The van der Waals surface area contributed by atoms with Crippen molar-refractivity contribution in [1.29, 1.82) is 0 Å². The molecule has 0 aromatic heterocycles. The zero-order valence-electron chi connectivity index (χ0n) is 22.4. The first-order valence-corrected chi connectivity index (χ1v) is 14.2. The zero-order valence-corrected chi connectivity index (χ0v) is 23.2. The molecule has 0 atom stereocenters. The topological polar surface area (TPSA) is 115 Å². The van der Waals surface area contributed by atoms with E-state index in [1.807, 2.05) is 73.6 Å². The molecule has 0 bridgehead atoms. The van der Waals surface area contributed by atoms with E-state index in [4.69, 9.17) is 18.9 Å². The molecule has 0 spiro atoms. The van der Waals surface area contributed by atoms with Gasteiger partial charge in [0, 0.05) is 43.6 Å². The maximum absolute atomic E-state index is 12.9. The van der Waals surface area contributed by atoms with Crippen molar-refractivity contribution < 1.29 is 32.2 Å². The van der Waals surface area contributed by atoms with Gasteiger partial charge in [0.25, 0.3) is 0 Å². The maximum Gasteiger partial charge on any atom is 0.407 e. The summed E-state index contributed by atoms with van der Waals surface area (Å²) in [7, 11) is 0.157. The molecule has 10 nitrogen and oxygen atoms in total. The van der Waals surface area contributed by atoms with Crippen molar-refractivity contribution in [1.82, 2.24) is 10.0 Å². The standard InChI is InChI=1S/C28H37N3O7S/c1-31(2)26-12-6-11-25-24(26)10-7-13-27(25)39(33,34)30-15-17-36-19-21-37-20-18-35-16-14-29-28(32)38-22-23-8-4-3-5-9-23/h3-13,30H,14-22H2,1-2H3,(H,29,32). The number of amides is 1. The number of carbonyl (C=O) groups excluding carboxylic acids is 1. The van der Waals surface area contributed by atoms with Gasteiger partial charge in [-0.15, -0.1) is 0 Å². The third-order valence-corrected chi connectivity index (χ3v) is 7.16. The number of sulfonamides is 1. The summed E-state index contributed by atoms with van der Waals surface area (Å²) in [5.41, 5.74) is 1.88. The Morgan fingerprint density at radius 2 is 1.36 bits per heavy atom. The van der Waals surface area contributed by atoms with Crippen molar-refractivity contribution in [3.8, 4) is 0 Å². The molecule has 0 fully saturated rings. The van der Waals surface area contributed by atoms with Gasteiger partial charge in [0.1, 0.15) is 6.61 Å². The van der Waals surface area contributed by atoms with E-state index in [0.717, 1.165) is 16.6 Å². The molecule has 0 aliphatic heterocycles. The van der Waals surface area contributed by atoms with Crippen LogP contribution in [0.3, 0.4) is 0 Å². The minimum atomic E-state index is -3.69. The van der Waals surface area contributed by atoms with E-state index in [0.29, 0.717) is 45.0 Å². The van der Waals surface area contributed by atoms with Crippen LogP contribution in [0.5, 0.6) is 0 Å². The summed E-state index contributed by atoms with van der Waals surface area (Å²) < 4.78 is 49.8. The molecule has 11 heteroatoms. The van der Waals surface area contributed by atoms with Gasteiger partial charge in [0.15, 0.2) is 0 Å². The number of ether oxygens (including phenoxy) is 4. The molecule has 0 unspecified atom stereocenters. The number of alkyl carbamates (subject to hydrolysis) is 1. The average molecular weight is 560 g/mol. The fourth-order valence-electron chi connectivity index (χ4n) is 3.76. The number of fused-ring (bicyclic) bond motifs is 1. The molecule has 0 saturated carbocycles. The maximum atomic E-state index is 12.9. The number of benzene rings is 3. The summed E-state index contributed by atoms with van der Waals surface area (Å²) in [6, 6.07) is 20.3. The van der Waals surface area contributed by atoms with Gasteiger partial charge in [-0.05, 0) is 17.7 Å². The van der Waals surface area contributed by atoms with Crippen LogP contribution in [-0.4, -0.2) is 81.3 Å². The van der Waals surface area contributed by atoms with Crippen LogP contribution in [0.2, 0.25) is 0 Å². The fourth-order valence-corrected chi connectivity index (χ4v) is 4.99. The van der Waals surface area contributed by atoms with Crippen LogP contribution in [0.1, 0.15) is 5.56 Å². The lowest BCUT2D eigenvalue weighted by molar-refractivity contribution is 0.0161. The highest BCUT2D eigenvalue weighted by molar-refractivity contribution is 7.89. The third kappa shape index (κ3) is 10.1. The van der Waals surface area contributed by atoms with E-state index < -0.39 is 16.1 Å². The van der Waals surface area contributed by atoms with Gasteiger partial charge in [-0.1, -0.05) is 54.6 Å². The number of rotatable bonds is 17. The van der Waals surface area contributed by atoms with Crippen molar-refractivity contribution in [2.24, 2.45) is 0 Å². The zero-order chi connectivity index (χ0) is 27.9. The van der Waals surface area contributed by atoms with E-state index in [1.165, 1.54) is 0 Å². The normalized spacial score (nSPS) is 11.4. The summed E-state index contributed by atoms with van der Waals surface area (Å²) in [4.78, 5) is 13.8. The predicted molar refractivity (Wildman–Crippen MR) is 151 cm³/mol. The number of anilines is 1. The Bertz CT molecular complexity index is 1270. The van der Waals surface area contributed by atoms with Gasteiger partial charge in [0.2, 0.25) is 10.0 Å². The molecule has 0 aliphatic rings. The van der Waals surface area contributed by atoms with E-state index in [9.17, 15) is 13.2 Å². The first kappa shape index (κ1) is 30.3. The fraction of sp³-hybridized carbons (Fsp3) is 0.393. The van der Waals surface area contributed by atoms with E-state index in [-0.39, 0.29) is 24.7 Å². The number of hydrogen-bond acceptors (Lipinski definition) is 8. The minimum Gasteiger partial charge on any atom is -0.445 e. The quantitative estimate of drug-likeness (QED) is 0.243. The third-order valence-electron chi connectivity index (χ3n) is 5.64. The minimum absolute atomic E-state index is 0.149. The first-order chi connectivity index (χ1) is 18.9. The van der Waals surface area contributed by atoms with E-state index in [1.54, 1.807) is 12.1 Å². The number of hydrogen-bond donors (Lipinski definition) is 2. The Morgan fingerprint density at radius 3 is 2.05 bits per heavy atom. The molecular weight excluding hydrogens is 522 g/mol. The molecule has 0 saturated heterocycles. The van der Waals surface area contributed by atoms with Crippen LogP contribution in [0.25, 0.3) is 10.8 Å². The molecule has 0 radical (unpaired) electrons. The summed E-state index contributed by atoms with van der Waals surface area (Å²) >= 11 is 0. The number of carbonyl (C=O) groups is 1. The van der Waals surface area contributed by atoms with E-state index >= 15 is 0 Å². The Morgan fingerprint density at radius 1 is 0.744 bits per heavy atom. The Kier molecular flexibility index (Phi) is 12.5. The molecule has 2 N–H and O–H groups in total. The molecular formula is C28H37N3O7S. The lowest BCUT2D eigenvalue weighted by Gasteiger charge is -2.17. The van der Waals surface area contributed by atoms with Crippen molar-refractivity contribution in [2.75, 3.05) is 71.7 Å². The van der Waals surface area contributed by atoms with Gasteiger partial charge < -0.3 is 29.2 Å². The van der Waals surface area contributed by atoms with Gasteiger partial charge in [-0.25, -0.2) is 17.9 Å². The molecule has 1 amide bonds. The highest BCUT2D eigenvalue weighted by atomic mass is 32.2. The lowest BCUT2D eigenvalue weighted by Crippen LogP contribution is -2.28. The second kappa shape index (κ2) is 16.0. The summed E-state index contributed by atoms with van der Waals surface area (Å²) in [5.74, 6) is 0. The SMILES string of the molecule is CN(C)c1cccc2c(S(=O)(=O)NCCOCCOCCOCCNC(=O)OCc3ccccc3)cccc12. The predicted octanol–water partition coefficient (Wildman–Crippen LogP) is 3.16. The van der Waals surface area contributed by atoms with Crippen molar-refractivity contribution in [3.63, 3.8) is 0 Å². The Hall–Kier alpha value is -3.22. The molecule has 3 aromatic rings. The van der Waals surface area contributed by atoms with Gasteiger partial charge >= 0.3 is 6.09 Å². The van der Waals surface area contributed by atoms with Crippen molar-refractivity contribution in [3.05, 3.63) is 72.3 Å². The molecule has 0 heterocycles. The molecule has 0 aliphatic carbocycles. The smallest absolute Gasteiger partial charge is 0.407 e. The van der Waals surface area contributed by atoms with Crippen LogP contribution in [-0.2, 0) is 35.6 Å². The highest BCUT2D eigenvalue weighted by Crippen LogP contribution is 2.30. The highest BCUT2D eigenvalue weighted by Gasteiger charge is 2.18. The largest absolute Gasteiger partial charge is 0.445 e. The number of nitrogens with zero attached hydrogens (tertiary/aromatic N) is 1. The van der Waals surface area contributed by atoms with Crippen LogP contribution in [0, 0.1) is 0 Å². The summed E-state index contributed by atoms with van der Waals surface area (Å²) in [5, 5.41) is 4.17. The molecule has 3 aromatic carbocycles. The molecule has 212 valence electrons. The van der Waals surface area contributed by atoms with Crippen LogP contribution in [0.4, 0.5) is 10.5 Å². The first-order valence-electron chi connectivity index (χ1n) is 12.7. The van der Waals surface area contributed by atoms with Crippen LogP contribution in [0.15, 0.2) is 71.6 Å². The molecule has 39 heavy (non-hydrogen) atoms. The van der Waals surface area contributed by atoms with Crippen molar-refractivity contribution >= 4 is 32.6 Å². The van der Waals surface area contributed by atoms with Gasteiger partial charge in [-0.3, -0.25) is 0 Å². The lowest BCUT2D eigenvalue weighted by atomic mass is 10.1. The summed E-state index contributed by atoms with van der Waals surface area (Å²) in [6.45, 7) is 2.71.